The van der Waals surface area contributed by atoms with Crippen molar-refractivity contribution in [3.8, 4) is 0 Å². The maximum Gasteiger partial charge on any atom is 0.227 e. The summed E-state index contributed by atoms with van der Waals surface area (Å²) in [5.41, 5.74) is 3.36. The highest BCUT2D eigenvalue weighted by Gasteiger charge is 2.11. The van der Waals surface area contributed by atoms with Crippen LogP contribution in [0.1, 0.15) is 37.8 Å². The Morgan fingerprint density at radius 1 is 1.31 bits per heavy atom. The molecular weight excluding hydrogens is 198 g/mol. The summed E-state index contributed by atoms with van der Waals surface area (Å²) >= 11 is 0. The maximum absolute atomic E-state index is 11.8. The van der Waals surface area contributed by atoms with E-state index in [0.717, 1.165) is 18.5 Å². The first-order chi connectivity index (χ1) is 7.54. The van der Waals surface area contributed by atoms with Gasteiger partial charge < -0.3 is 5.32 Å². The first-order valence-corrected chi connectivity index (χ1v) is 5.92. The fourth-order valence-corrected chi connectivity index (χ4v) is 1.65. The monoisotopic (exact) mass is 219 g/mol. The molecule has 2 heteroatoms. The normalized spacial score (nSPS) is 12.2. The summed E-state index contributed by atoms with van der Waals surface area (Å²) in [5.74, 6) is 0.205. The Kier molecular flexibility index (Phi) is 4.53. The number of benzene rings is 1. The Morgan fingerprint density at radius 3 is 2.56 bits per heavy atom. The molecule has 0 unspecified atom stereocenters. The van der Waals surface area contributed by atoms with Crippen LogP contribution in [-0.2, 0) is 4.79 Å². The summed E-state index contributed by atoms with van der Waals surface area (Å²) in [7, 11) is 0. The molecule has 1 N–H and O–H groups in total. The van der Waals surface area contributed by atoms with Crippen LogP contribution in [0.15, 0.2) is 18.2 Å². The quantitative estimate of drug-likeness (QED) is 0.822. The van der Waals surface area contributed by atoms with E-state index >= 15 is 0 Å². The van der Waals surface area contributed by atoms with E-state index in [-0.39, 0.29) is 11.8 Å². The zero-order valence-electron chi connectivity index (χ0n) is 10.6. The van der Waals surface area contributed by atoms with Gasteiger partial charge in [-0.3, -0.25) is 4.79 Å². The predicted octanol–water partition coefficient (Wildman–Crippen LogP) is 3.68. The average Bonchev–Trinajstić information content (AvgIpc) is 2.24. The first-order valence-electron chi connectivity index (χ1n) is 5.92. The van der Waals surface area contributed by atoms with Crippen LogP contribution < -0.4 is 5.32 Å². The van der Waals surface area contributed by atoms with Gasteiger partial charge in [-0.2, -0.15) is 0 Å². The number of amides is 1. The van der Waals surface area contributed by atoms with Crippen molar-refractivity contribution in [2.45, 2.75) is 40.5 Å². The average molecular weight is 219 g/mol. The van der Waals surface area contributed by atoms with Crippen LogP contribution in [0.2, 0.25) is 0 Å². The molecule has 0 radical (unpaired) electrons. The van der Waals surface area contributed by atoms with Crippen molar-refractivity contribution < 1.29 is 4.79 Å². The molecule has 0 saturated heterocycles. The lowest BCUT2D eigenvalue weighted by Crippen LogP contribution is -2.20. The van der Waals surface area contributed by atoms with Crippen LogP contribution in [0.3, 0.4) is 0 Å². The van der Waals surface area contributed by atoms with Gasteiger partial charge in [-0.25, -0.2) is 0 Å². The lowest BCUT2D eigenvalue weighted by Gasteiger charge is -2.12. The van der Waals surface area contributed by atoms with Crippen LogP contribution in [0.25, 0.3) is 0 Å². The van der Waals surface area contributed by atoms with Gasteiger partial charge in [0.25, 0.3) is 0 Å². The fourth-order valence-electron chi connectivity index (χ4n) is 1.65. The second-order valence-electron chi connectivity index (χ2n) is 4.48. The van der Waals surface area contributed by atoms with Crippen LogP contribution in [-0.4, -0.2) is 5.91 Å². The Bertz CT molecular complexity index is 371. The molecule has 1 aromatic carbocycles. The van der Waals surface area contributed by atoms with E-state index in [9.17, 15) is 4.79 Å². The van der Waals surface area contributed by atoms with Gasteiger partial charge in [0.1, 0.15) is 0 Å². The van der Waals surface area contributed by atoms with Gasteiger partial charge in [0.2, 0.25) is 5.91 Å². The molecule has 2 nitrogen and oxygen atoms in total. The molecule has 0 aliphatic heterocycles. The number of rotatable bonds is 4. The molecule has 1 atom stereocenters. The highest BCUT2D eigenvalue weighted by molar-refractivity contribution is 5.92. The van der Waals surface area contributed by atoms with Crippen molar-refractivity contribution in [3.63, 3.8) is 0 Å². The minimum Gasteiger partial charge on any atom is -0.326 e. The van der Waals surface area contributed by atoms with Crippen LogP contribution in [0.4, 0.5) is 5.69 Å². The van der Waals surface area contributed by atoms with Gasteiger partial charge in [-0.05, 0) is 43.5 Å². The molecule has 0 bridgehead atoms. The molecular formula is C14H21NO. The van der Waals surface area contributed by atoms with Crippen molar-refractivity contribution in [3.05, 3.63) is 29.3 Å². The predicted molar refractivity (Wildman–Crippen MR) is 68.6 cm³/mol. The molecule has 0 aliphatic carbocycles. The van der Waals surface area contributed by atoms with Crippen LogP contribution >= 0.6 is 0 Å². The zero-order chi connectivity index (χ0) is 12.1. The number of anilines is 1. The van der Waals surface area contributed by atoms with E-state index in [1.165, 1.54) is 11.1 Å². The Balaban J connectivity index is 2.66. The van der Waals surface area contributed by atoms with Gasteiger partial charge in [0.05, 0.1) is 0 Å². The largest absolute Gasteiger partial charge is 0.326 e. The van der Waals surface area contributed by atoms with Crippen molar-refractivity contribution in [1.29, 1.82) is 0 Å². The molecule has 1 aromatic rings. The second-order valence-corrected chi connectivity index (χ2v) is 4.48. The first kappa shape index (κ1) is 12.8. The lowest BCUT2D eigenvalue weighted by atomic mass is 10.0. The van der Waals surface area contributed by atoms with Crippen LogP contribution in [0.5, 0.6) is 0 Å². The van der Waals surface area contributed by atoms with Crippen molar-refractivity contribution in [2.75, 3.05) is 5.32 Å². The molecule has 88 valence electrons. The number of hydrogen-bond acceptors (Lipinski definition) is 1. The molecule has 1 amide bonds. The highest BCUT2D eigenvalue weighted by atomic mass is 16.1. The summed E-state index contributed by atoms with van der Waals surface area (Å²) < 4.78 is 0. The minimum absolute atomic E-state index is 0.0895. The summed E-state index contributed by atoms with van der Waals surface area (Å²) in [6, 6.07) is 6.01. The van der Waals surface area contributed by atoms with E-state index in [2.05, 4.69) is 26.1 Å². The molecule has 0 spiro atoms. The van der Waals surface area contributed by atoms with Crippen molar-refractivity contribution >= 4 is 11.6 Å². The maximum atomic E-state index is 11.8. The summed E-state index contributed by atoms with van der Waals surface area (Å²) in [4.78, 5) is 11.8. The third-order valence-electron chi connectivity index (χ3n) is 2.94. The smallest absolute Gasteiger partial charge is 0.227 e. The van der Waals surface area contributed by atoms with Crippen molar-refractivity contribution in [2.24, 2.45) is 5.92 Å². The van der Waals surface area contributed by atoms with Gasteiger partial charge >= 0.3 is 0 Å². The SMILES string of the molecule is CCC[C@H](C)C(=O)Nc1ccc(C)c(C)c1. The number of aryl methyl sites for hydroxylation is 2. The molecule has 0 heterocycles. The second kappa shape index (κ2) is 5.69. The van der Waals surface area contributed by atoms with E-state index in [1.807, 2.05) is 25.1 Å². The number of carbonyl (C=O) groups is 1. The highest BCUT2D eigenvalue weighted by Crippen LogP contribution is 2.16. The molecule has 0 saturated carbocycles. The van der Waals surface area contributed by atoms with Gasteiger partial charge in [-0.1, -0.05) is 26.3 Å². The number of carbonyl (C=O) groups excluding carboxylic acids is 1. The molecule has 0 aliphatic rings. The Morgan fingerprint density at radius 2 is 2.00 bits per heavy atom. The zero-order valence-corrected chi connectivity index (χ0v) is 10.6. The van der Waals surface area contributed by atoms with E-state index in [0.29, 0.717) is 0 Å². The third kappa shape index (κ3) is 3.37. The number of hydrogen-bond donors (Lipinski definition) is 1. The van der Waals surface area contributed by atoms with Crippen molar-refractivity contribution in [1.82, 2.24) is 0 Å². The third-order valence-corrected chi connectivity index (χ3v) is 2.94. The topological polar surface area (TPSA) is 29.1 Å². The van der Waals surface area contributed by atoms with E-state index < -0.39 is 0 Å². The standard InChI is InChI=1S/C14H21NO/c1-5-6-11(3)14(16)15-13-8-7-10(2)12(4)9-13/h7-9,11H,5-6H2,1-4H3,(H,15,16)/t11-/m0/s1. The lowest BCUT2D eigenvalue weighted by molar-refractivity contribution is -0.119. The number of nitrogens with one attached hydrogen (secondary N) is 1. The molecule has 0 aromatic heterocycles. The Hall–Kier alpha value is -1.31. The Labute approximate surface area is 98.1 Å². The summed E-state index contributed by atoms with van der Waals surface area (Å²) in [6.45, 7) is 8.20. The molecule has 16 heavy (non-hydrogen) atoms. The molecule has 0 fully saturated rings. The summed E-state index contributed by atoms with van der Waals surface area (Å²) in [5, 5.41) is 2.96. The summed E-state index contributed by atoms with van der Waals surface area (Å²) in [6.07, 6.45) is 1.98. The van der Waals surface area contributed by atoms with Gasteiger partial charge in [0.15, 0.2) is 0 Å². The van der Waals surface area contributed by atoms with Crippen LogP contribution in [0, 0.1) is 19.8 Å². The van der Waals surface area contributed by atoms with E-state index in [1.54, 1.807) is 0 Å². The van der Waals surface area contributed by atoms with Gasteiger partial charge in [0, 0.05) is 11.6 Å². The fraction of sp³-hybridized carbons (Fsp3) is 0.500. The van der Waals surface area contributed by atoms with E-state index in [4.69, 9.17) is 0 Å². The molecule has 1 rings (SSSR count). The minimum atomic E-state index is 0.0895. The van der Waals surface area contributed by atoms with Gasteiger partial charge in [-0.15, -0.1) is 0 Å².